The summed E-state index contributed by atoms with van der Waals surface area (Å²) in [4.78, 5) is 26.0. The molecular weight excluding hydrogens is 318 g/mol. The van der Waals surface area contributed by atoms with E-state index in [1.807, 2.05) is 42.5 Å². The largest absolute Gasteiger partial charge is 0.493 e. The van der Waals surface area contributed by atoms with Crippen LogP contribution in [0, 0.1) is 0 Å². The summed E-state index contributed by atoms with van der Waals surface area (Å²) < 4.78 is 5.49. The number of fused-ring (bicyclic) bond motifs is 2. The van der Waals surface area contributed by atoms with Crippen molar-refractivity contribution in [3.63, 3.8) is 0 Å². The van der Waals surface area contributed by atoms with Crippen LogP contribution >= 0.6 is 0 Å². The summed E-state index contributed by atoms with van der Waals surface area (Å²) in [5.41, 5.74) is 4.05. The van der Waals surface area contributed by atoms with Gasteiger partial charge in [-0.1, -0.05) is 36.4 Å². The van der Waals surface area contributed by atoms with Gasteiger partial charge in [-0.3, -0.25) is 4.79 Å². The van der Waals surface area contributed by atoms with Crippen molar-refractivity contribution in [2.24, 2.45) is 0 Å². The van der Waals surface area contributed by atoms with Crippen LogP contribution in [0.1, 0.15) is 22.3 Å². The molecule has 2 aliphatic heterocycles. The van der Waals surface area contributed by atoms with Gasteiger partial charge in [0.25, 0.3) is 0 Å². The molecule has 0 radical (unpaired) electrons. The first kappa shape index (κ1) is 15.7. The van der Waals surface area contributed by atoms with Gasteiger partial charge < -0.3 is 14.7 Å². The molecule has 2 aromatic carbocycles. The van der Waals surface area contributed by atoms with Gasteiger partial charge in [-0.25, -0.2) is 4.79 Å². The predicted molar refractivity (Wildman–Crippen MR) is 91.5 cm³/mol. The summed E-state index contributed by atoms with van der Waals surface area (Å²) in [7, 11) is 0. The van der Waals surface area contributed by atoms with E-state index in [9.17, 15) is 14.7 Å². The van der Waals surface area contributed by atoms with Crippen LogP contribution in [-0.4, -0.2) is 34.5 Å². The van der Waals surface area contributed by atoms with Crippen LogP contribution < -0.4 is 4.74 Å². The molecule has 1 atom stereocenters. The highest BCUT2D eigenvalue weighted by Gasteiger charge is 2.34. The van der Waals surface area contributed by atoms with Gasteiger partial charge in [0.15, 0.2) is 0 Å². The lowest BCUT2D eigenvalue weighted by Crippen LogP contribution is -2.49. The molecule has 0 aliphatic carbocycles. The molecule has 25 heavy (non-hydrogen) atoms. The summed E-state index contributed by atoms with van der Waals surface area (Å²) in [5, 5.41) is 9.57. The fourth-order valence-electron chi connectivity index (χ4n) is 3.63. The normalized spacial score (nSPS) is 18.2. The Labute approximate surface area is 145 Å². The van der Waals surface area contributed by atoms with Crippen LogP contribution in [0.5, 0.6) is 5.75 Å². The minimum atomic E-state index is -0.954. The number of amides is 1. The lowest BCUT2D eigenvalue weighted by Gasteiger charge is -2.34. The van der Waals surface area contributed by atoms with Gasteiger partial charge in [0.1, 0.15) is 11.8 Å². The predicted octanol–water partition coefficient (Wildman–Crippen LogP) is 2.20. The second-order valence-corrected chi connectivity index (χ2v) is 6.57. The molecule has 2 aliphatic rings. The number of hydrogen-bond donors (Lipinski definition) is 1. The molecule has 0 unspecified atom stereocenters. The van der Waals surface area contributed by atoms with E-state index >= 15 is 0 Å². The van der Waals surface area contributed by atoms with E-state index in [1.165, 1.54) is 4.90 Å². The van der Waals surface area contributed by atoms with E-state index in [0.717, 1.165) is 34.4 Å². The first-order valence-corrected chi connectivity index (χ1v) is 8.45. The Morgan fingerprint density at radius 1 is 1.12 bits per heavy atom. The number of carboxylic acids is 1. The van der Waals surface area contributed by atoms with Gasteiger partial charge in [0, 0.05) is 19.4 Å². The second-order valence-electron chi connectivity index (χ2n) is 6.57. The first-order chi connectivity index (χ1) is 12.1. The van der Waals surface area contributed by atoms with Crippen molar-refractivity contribution >= 4 is 11.9 Å². The Morgan fingerprint density at radius 2 is 1.92 bits per heavy atom. The van der Waals surface area contributed by atoms with Crippen molar-refractivity contribution in [3.05, 3.63) is 64.7 Å². The zero-order valence-corrected chi connectivity index (χ0v) is 13.8. The van der Waals surface area contributed by atoms with Crippen LogP contribution in [0.4, 0.5) is 0 Å². The van der Waals surface area contributed by atoms with E-state index < -0.39 is 12.0 Å². The van der Waals surface area contributed by atoms with E-state index in [4.69, 9.17) is 4.74 Å². The number of carbonyl (C=O) groups excluding carboxylic acids is 1. The number of carboxylic acid groups (broad SMARTS) is 1. The van der Waals surface area contributed by atoms with E-state index in [-0.39, 0.29) is 12.3 Å². The fraction of sp³-hybridized carbons (Fsp3) is 0.300. The van der Waals surface area contributed by atoms with Crippen LogP contribution in [0.2, 0.25) is 0 Å². The van der Waals surface area contributed by atoms with Crippen molar-refractivity contribution in [1.29, 1.82) is 0 Å². The molecule has 0 saturated carbocycles. The SMILES string of the molecule is O=C(O)[C@@H]1Cc2ccccc2CN1C(=O)Cc1ccc2c(c1)CCO2. The first-order valence-electron chi connectivity index (χ1n) is 8.45. The van der Waals surface area contributed by atoms with Crippen LogP contribution in [0.15, 0.2) is 42.5 Å². The van der Waals surface area contributed by atoms with Gasteiger partial charge in [-0.2, -0.15) is 0 Å². The van der Waals surface area contributed by atoms with Crippen LogP contribution in [0.3, 0.4) is 0 Å². The molecule has 5 nitrogen and oxygen atoms in total. The van der Waals surface area contributed by atoms with E-state index in [1.54, 1.807) is 0 Å². The Kier molecular flexibility index (Phi) is 3.92. The summed E-state index contributed by atoms with van der Waals surface area (Å²) >= 11 is 0. The van der Waals surface area contributed by atoms with Crippen molar-refractivity contribution in [2.45, 2.75) is 31.8 Å². The molecule has 128 valence electrons. The summed E-state index contributed by atoms with van der Waals surface area (Å²) in [5.74, 6) is -0.225. The highest BCUT2D eigenvalue weighted by Crippen LogP contribution is 2.27. The second kappa shape index (κ2) is 6.24. The number of benzene rings is 2. The highest BCUT2D eigenvalue weighted by molar-refractivity contribution is 5.86. The van der Waals surface area contributed by atoms with Gasteiger partial charge in [0.2, 0.25) is 5.91 Å². The van der Waals surface area contributed by atoms with Crippen molar-refractivity contribution < 1.29 is 19.4 Å². The molecule has 0 saturated heterocycles. The van der Waals surface area contributed by atoms with Gasteiger partial charge in [-0.05, 0) is 28.3 Å². The number of ether oxygens (including phenoxy) is 1. The maximum Gasteiger partial charge on any atom is 0.326 e. The van der Waals surface area contributed by atoms with Crippen molar-refractivity contribution in [1.82, 2.24) is 4.90 Å². The third kappa shape index (κ3) is 2.97. The lowest BCUT2D eigenvalue weighted by atomic mass is 9.93. The Morgan fingerprint density at radius 3 is 2.72 bits per heavy atom. The molecule has 0 bridgehead atoms. The fourth-order valence-corrected chi connectivity index (χ4v) is 3.63. The quantitative estimate of drug-likeness (QED) is 0.932. The summed E-state index contributed by atoms with van der Waals surface area (Å²) in [6.45, 7) is 1.02. The molecule has 2 aromatic rings. The van der Waals surface area contributed by atoms with Gasteiger partial charge >= 0.3 is 5.97 Å². The third-order valence-electron chi connectivity index (χ3n) is 4.96. The van der Waals surface area contributed by atoms with E-state index in [0.29, 0.717) is 19.6 Å². The number of carbonyl (C=O) groups is 2. The minimum absolute atomic E-state index is 0.152. The molecule has 0 spiro atoms. The summed E-state index contributed by atoms with van der Waals surface area (Å²) in [6.07, 6.45) is 1.42. The molecule has 1 amide bonds. The standard InChI is InChI=1S/C20H19NO4/c22-19(10-13-5-6-18-15(9-13)7-8-25-18)21-12-16-4-2-1-3-14(16)11-17(21)20(23)24/h1-6,9,17H,7-8,10-12H2,(H,23,24)/t17-/m0/s1. The molecule has 0 aromatic heterocycles. The van der Waals surface area contributed by atoms with Crippen molar-refractivity contribution in [2.75, 3.05) is 6.61 Å². The number of nitrogens with zero attached hydrogens (tertiary/aromatic N) is 1. The summed E-state index contributed by atoms with van der Waals surface area (Å²) in [6, 6.07) is 12.7. The molecular formula is C20H19NO4. The molecule has 4 rings (SSSR count). The molecule has 2 heterocycles. The number of hydrogen-bond acceptors (Lipinski definition) is 3. The van der Waals surface area contributed by atoms with Crippen LogP contribution in [0.25, 0.3) is 0 Å². The number of rotatable bonds is 3. The minimum Gasteiger partial charge on any atom is -0.493 e. The number of aliphatic carboxylic acids is 1. The Hall–Kier alpha value is -2.82. The average Bonchev–Trinajstić information content (AvgIpc) is 3.08. The van der Waals surface area contributed by atoms with Crippen LogP contribution in [-0.2, 0) is 35.4 Å². The lowest BCUT2D eigenvalue weighted by molar-refractivity contribution is -0.151. The Balaban J connectivity index is 1.56. The smallest absolute Gasteiger partial charge is 0.326 e. The monoisotopic (exact) mass is 337 g/mol. The zero-order chi connectivity index (χ0) is 17.4. The maximum absolute atomic E-state index is 12.8. The van der Waals surface area contributed by atoms with Gasteiger partial charge in [-0.15, -0.1) is 0 Å². The molecule has 5 heteroatoms. The topological polar surface area (TPSA) is 66.8 Å². The maximum atomic E-state index is 12.8. The highest BCUT2D eigenvalue weighted by atomic mass is 16.5. The van der Waals surface area contributed by atoms with E-state index in [2.05, 4.69) is 0 Å². The zero-order valence-electron chi connectivity index (χ0n) is 13.8. The van der Waals surface area contributed by atoms with Crippen molar-refractivity contribution in [3.8, 4) is 5.75 Å². The Bertz CT molecular complexity index is 845. The van der Waals surface area contributed by atoms with Gasteiger partial charge in [0.05, 0.1) is 13.0 Å². The molecule has 1 N–H and O–H groups in total. The molecule has 0 fully saturated rings. The third-order valence-corrected chi connectivity index (χ3v) is 4.96. The average molecular weight is 337 g/mol.